The minimum Gasteiger partial charge on any atom is -0.457 e. The van der Waals surface area contributed by atoms with Gasteiger partial charge in [-0.15, -0.1) is 0 Å². The zero-order valence-corrected chi connectivity index (χ0v) is 25.4. The second-order valence-electron chi connectivity index (χ2n) is 10.9. The molecule has 0 heterocycles. The number of carbonyl (C=O) groups excluding carboxylic acids is 2. The number of ether oxygens (including phenoxy) is 2. The van der Waals surface area contributed by atoms with Crippen LogP contribution in [-0.2, 0) is 34.8 Å². The lowest BCUT2D eigenvalue weighted by atomic mass is 9.92. The zero-order chi connectivity index (χ0) is 31.1. The van der Waals surface area contributed by atoms with E-state index in [1.807, 2.05) is 0 Å². The molecule has 41 heavy (non-hydrogen) atoms. The molecule has 1 unspecified atom stereocenters. The van der Waals surface area contributed by atoms with Crippen LogP contribution in [0, 0.1) is 5.92 Å². The highest BCUT2D eigenvalue weighted by Gasteiger charge is 2.64. The number of unbranched alkanes of at least 4 members (excludes halogenated alkanes) is 8. The predicted octanol–water partition coefficient (Wildman–Crippen LogP) is 6.34. The Bertz CT molecular complexity index is 1020. The van der Waals surface area contributed by atoms with E-state index < -0.39 is 57.2 Å². The van der Waals surface area contributed by atoms with Crippen LogP contribution in [0.4, 0.5) is 13.2 Å². The molecule has 0 fully saturated rings. The standard InChI is InChI=1S/C29H46F3NO7S/c1-22(2)17-13-10-8-6-5-7-9-11-16-20-26(25(33-23(3)34)21-41(36,37)38)40-27(35)28(39-4,29(30,31)32)24-18-14-12-15-19-24/h12,14-15,18-19,22,25-26H,5-11,13,16-17,20-21H2,1-4H3,(H,33,34)(H,36,37,38)/t25?,26-,28-/m1/s1. The molecule has 236 valence electrons. The van der Waals surface area contributed by atoms with E-state index in [0.29, 0.717) is 18.8 Å². The van der Waals surface area contributed by atoms with Crippen LogP contribution in [-0.4, -0.2) is 56.0 Å². The summed E-state index contributed by atoms with van der Waals surface area (Å²) in [6.45, 7) is 5.50. The van der Waals surface area contributed by atoms with Gasteiger partial charge in [-0.25, -0.2) is 4.79 Å². The summed E-state index contributed by atoms with van der Waals surface area (Å²) in [4.78, 5) is 25.0. The Balaban J connectivity index is 2.99. The van der Waals surface area contributed by atoms with Gasteiger partial charge in [0.25, 0.3) is 15.7 Å². The minimum absolute atomic E-state index is 0.0339. The lowest BCUT2D eigenvalue weighted by Crippen LogP contribution is -2.55. The molecule has 12 heteroatoms. The minimum atomic E-state index is -5.23. The Hall–Kier alpha value is -2.18. The van der Waals surface area contributed by atoms with Gasteiger partial charge in [0.1, 0.15) is 6.10 Å². The van der Waals surface area contributed by atoms with Gasteiger partial charge < -0.3 is 14.8 Å². The van der Waals surface area contributed by atoms with Crippen LogP contribution in [0.15, 0.2) is 30.3 Å². The molecule has 0 aromatic heterocycles. The summed E-state index contributed by atoms with van der Waals surface area (Å²) in [5.41, 5.74) is -4.01. The second kappa shape index (κ2) is 17.7. The van der Waals surface area contributed by atoms with Crippen molar-refractivity contribution in [3.05, 3.63) is 35.9 Å². The first-order chi connectivity index (χ1) is 19.1. The Kier molecular flexibility index (Phi) is 15.9. The molecular weight excluding hydrogens is 563 g/mol. The number of alkyl halides is 3. The average Bonchev–Trinajstić information content (AvgIpc) is 2.85. The third-order valence-corrected chi connectivity index (χ3v) is 7.71. The van der Waals surface area contributed by atoms with Gasteiger partial charge in [-0.2, -0.15) is 21.6 Å². The lowest BCUT2D eigenvalue weighted by Gasteiger charge is -2.35. The molecule has 0 aliphatic carbocycles. The number of nitrogens with one attached hydrogen (secondary N) is 1. The molecule has 0 radical (unpaired) electrons. The number of esters is 1. The molecule has 8 nitrogen and oxygen atoms in total. The van der Waals surface area contributed by atoms with Crippen molar-refractivity contribution < 1.29 is 45.2 Å². The summed E-state index contributed by atoms with van der Waals surface area (Å²) in [6.07, 6.45) is 3.10. The van der Waals surface area contributed by atoms with Crippen LogP contribution < -0.4 is 5.32 Å². The topological polar surface area (TPSA) is 119 Å². The van der Waals surface area contributed by atoms with E-state index in [2.05, 4.69) is 19.2 Å². The van der Waals surface area contributed by atoms with E-state index in [1.54, 1.807) is 0 Å². The first-order valence-corrected chi connectivity index (χ1v) is 15.9. The van der Waals surface area contributed by atoms with Gasteiger partial charge in [0.05, 0.1) is 11.8 Å². The lowest BCUT2D eigenvalue weighted by molar-refractivity contribution is -0.278. The van der Waals surface area contributed by atoms with Gasteiger partial charge in [0.15, 0.2) is 0 Å². The van der Waals surface area contributed by atoms with Gasteiger partial charge in [-0.3, -0.25) is 9.35 Å². The van der Waals surface area contributed by atoms with Crippen molar-refractivity contribution in [3.63, 3.8) is 0 Å². The number of hydrogen-bond donors (Lipinski definition) is 2. The van der Waals surface area contributed by atoms with E-state index in [0.717, 1.165) is 51.8 Å². The van der Waals surface area contributed by atoms with Crippen molar-refractivity contribution in [1.29, 1.82) is 0 Å². The normalized spacial score (nSPS) is 15.2. The Morgan fingerprint density at radius 1 is 0.902 bits per heavy atom. The van der Waals surface area contributed by atoms with E-state index >= 15 is 0 Å². The zero-order valence-electron chi connectivity index (χ0n) is 24.5. The third kappa shape index (κ3) is 13.1. The molecule has 0 saturated heterocycles. The molecule has 1 rings (SSSR count). The molecule has 2 N–H and O–H groups in total. The number of halogens is 3. The number of methoxy groups -OCH3 is 1. The molecule has 1 amide bonds. The predicted molar refractivity (Wildman–Crippen MR) is 151 cm³/mol. The van der Waals surface area contributed by atoms with Crippen LogP contribution in [0.5, 0.6) is 0 Å². The second-order valence-corrected chi connectivity index (χ2v) is 12.4. The van der Waals surface area contributed by atoms with Crippen molar-refractivity contribution in [1.82, 2.24) is 5.32 Å². The van der Waals surface area contributed by atoms with E-state index in [-0.39, 0.29) is 6.42 Å². The summed E-state index contributed by atoms with van der Waals surface area (Å²) in [7, 11) is -3.96. The molecule has 0 saturated carbocycles. The summed E-state index contributed by atoms with van der Waals surface area (Å²) < 4.78 is 86.0. The van der Waals surface area contributed by atoms with Crippen molar-refractivity contribution in [2.24, 2.45) is 5.92 Å². The molecule has 0 aliphatic rings. The van der Waals surface area contributed by atoms with Crippen LogP contribution in [0.3, 0.4) is 0 Å². The fraction of sp³-hybridized carbons (Fsp3) is 0.724. The fourth-order valence-corrected chi connectivity index (χ4v) is 5.57. The average molecular weight is 610 g/mol. The Morgan fingerprint density at radius 2 is 1.39 bits per heavy atom. The highest BCUT2D eigenvalue weighted by molar-refractivity contribution is 7.85. The number of amides is 1. The summed E-state index contributed by atoms with van der Waals surface area (Å²) in [6, 6.07) is 4.76. The van der Waals surface area contributed by atoms with Crippen molar-refractivity contribution in [2.75, 3.05) is 12.9 Å². The maximum absolute atomic E-state index is 14.4. The number of hydrogen-bond acceptors (Lipinski definition) is 6. The van der Waals surface area contributed by atoms with Gasteiger partial charge >= 0.3 is 12.1 Å². The number of benzene rings is 1. The highest BCUT2D eigenvalue weighted by Crippen LogP contribution is 2.43. The van der Waals surface area contributed by atoms with Gasteiger partial charge in [0.2, 0.25) is 5.91 Å². The first-order valence-electron chi connectivity index (χ1n) is 14.2. The molecule has 0 spiro atoms. The fourth-order valence-electron chi connectivity index (χ4n) is 4.82. The maximum Gasteiger partial charge on any atom is 0.432 e. The van der Waals surface area contributed by atoms with Gasteiger partial charge in [-0.05, 0) is 18.8 Å². The molecule has 1 aromatic rings. The molecule has 1 aromatic carbocycles. The van der Waals surface area contributed by atoms with Crippen LogP contribution in [0.25, 0.3) is 0 Å². The van der Waals surface area contributed by atoms with Crippen LogP contribution >= 0.6 is 0 Å². The number of carbonyl (C=O) groups is 2. The molecule has 0 bridgehead atoms. The van der Waals surface area contributed by atoms with Crippen LogP contribution in [0.1, 0.15) is 97.0 Å². The van der Waals surface area contributed by atoms with Crippen molar-refractivity contribution in [2.45, 2.75) is 115 Å². The van der Waals surface area contributed by atoms with Crippen molar-refractivity contribution in [3.8, 4) is 0 Å². The molecule has 0 aliphatic heterocycles. The first kappa shape index (κ1) is 36.8. The van der Waals surface area contributed by atoms with E-state index in [1.165, 1.54) is 43.9 Å². The SMILES string of the molecule is CO[C@@](C(=O)O[C@H](CCCCCCCCCCCC(C)C)C(CS(=O)(=O)O)NC(C)=O)(c1ccccc1)C(F)(F)F. The monoisotopic (exact) mass is 609 g/mol. The molecular formula is C29H46F3NO7S. The van der Waals surface area contributed by atoms with Crippen LogP contribution in [0.2, 0.25) is 0 Å². The van der Waals surface area contributed by atoms with Gasteiger partial charge in [-0.1, -0.05) is 102 Å². The van der Waals surface area contributed by atoms with E-state index in [9.17, 15) is 35.7 Å². The largest absolute Gasteiger partial charge is 0.457 e. The van der Waals surface area contributed by atoms with Crippen molar-refractivity contribution >= 4 is 22.0 Å². The summed E-state index contributed by atoms with van der Waals surface area (Å²) in [5.74, 6) is -2.84. The smallest absolute Gasteiger partial charge is 0.432 e. The Labute approximate surface area is 242 Å². The Morgan fingerprint density at radius 3 is 1.80 bits per heavy atom. The molecule has 3 atom stereocenters. The summed E-state index contributed by atoms with van der Waals surface area (Å²) >= 11 is 0. The number of rotatable bonds is 20. The van der Waals surface area contributed by atoms with Gasteiger partial charge in [0, 0.05) is 19.6 Å². The van der Waals surface area contributed by atoms with E-state index in [4.69, 9.17) is 9.47 Å². The summed E-state index contributed by atoms with van der Waals surface area (Å²) in [5, 5.41) is 2.30. The third-order valence-electron chi connectivity index (χ3n) is 6.93. The quantitative estimate of drug-likeness (QED) is 0.101. The maximum atomic E-state index is 14.4. The highest BCUT2D eigenvalue weighted by atomic mass is 32.2.